The number of hydrogen-bond acceptors (Lipinski definition) is 3. The zero-order valence-corrected chi connectivity index (χ0v) is 22.0. The molecule has 0 unspecified atom stereocenters. The van der Waals surface area contributed by atoms with Crippen molar-refractivity contribution in [1.82, 2.24) is 5.32 Å². The zero-order chi connectivity index (χ0) is 23.1. The Labute approximate surface area is 216 Å². The fourth-order valence-corrected chi connectivity index (χ4v) is 5.18. The second-order valence-corrected chi connectivity index (χ2v) is 9.69. The number of rotatable bonds is 7. The molecule has 3 aromatic carbocycles. The molecule has 0 aliphatic carbocycles. The molecule has 0 spiro atoms. The molecule has 1 atom stereocenters. The van der Waals surface area contributed by atoms with E-state index in [0.29, 0.717) is 6.61 Å². The number of amides is 1. The SMILES string of the molecule is Cc1ccc(COc2c(I)cc(/C=C(/C#N)C(=O)N[C@H](C)c3ccccc3)cc2I)cc1. The number of carbonyl (C=O) groups excluding carboxylic acids is 1. The van der Waals surface area contributed by atoms with Crippen molar-refractivity contribution in [2.75, 3.05) is 0 Å². The number of carbonyl (C=O) groups is 1. The van der Waals surface area contributed by atoms with Crippen LogP contribution in [0.4, 0.5) is 0 Å². The van der Waals surface area contributed by atoms with E-state index >= 15 is 0 Å². The molecule has 0 fully saturated rings. The van der Waals surface area contributed by atoms with Crippen LogP contribution < -0.4 is 10.1 Å². The predicted molar refractivity (Wildman–Crippen MR) is 144 cm³/mol. The smallest absolute Gasteiger partial charge is 0.262 e. The fraction of sp³-hybridized carbons (Fsp3) is 0.154. The highest BCUT2D eigenvalue weighted by Crippen LogP contribution is 2.30. The molecule has 6 heteroatoms. The lowest BCUT2D eigenvalue weighted by atomic mass is 10.1. The van der Waals surface area contributed by atoms with E-state index in [9.17, 15) is 10.1 Å². The van der Waals surface area contributed by atoms with E-state index in [4.69, 9.17) is 4.74 Å². The molecule has 3 aromatic rings. The van der Waals surface area contributed by atoms with Gasteiger partial charge in [0.2, 0.25) is 0 Å². The average molecular weight is 648 g/mol. The summed E-state index contributed by atoms with van der Waals surface area (Å²) in [5.41, 5.74) is 4.14. The molecule has 3 rings (SSSR count). The summed E-state index contributed by atoms with van der Waals surface area (Å²) in [6, 6.07) is 23.6. The zero-order valence-electron chi connectivity index (χ0n) is 17.7. The van der Waals surface area contributed by atoms with Gasteiger partial charge in [-0.25, -0.2) is 0 Å². The number of hydrogen-bond donors (Lipinski definition) is 1. The largest absolute Gasteiger partial charge is 0.487 e. The number of aryl methyl sites for hydroxylation is 1. The fourth-order valence-electron chi connectivity index (χ4n) is 3.06. The normalized spacial score (nSPS) is 12.0. The summed E-state index contributed by atoms with van der Waals surface area (Å²) in [6.45, 7) is 4.43. The molecule has 0 aliphatic rings. The Kier molecular flexibility index (Phi) is 8.70. The first-order chi connectivity index (χ1) is 15.4. The molecular weight excluding hydrogens is 626 g/mol. The Hall–Kier alpha value is -2.38. The molecule has 0 saturated carbocycles. The van der Waals surface area contributed by atoms with Gasteiger partial charge in [-0.15, -0.1) is 0 Å². The average Bonchev–Trinajstić information content (AvgIpc) is 2.78. The van der Waals surface area contributed by atoms with Crippen LogP contribution in [0.15, 0.2) is 72.3 Å². The van der Waals surface area contributed by atoms with Crippen LogP contribution in [-0.2, 0) is 11.4 Å². The van der Waals surface area contributed by atoms with Gasteiger partial charge in [0.25, 0.3) is 5.91 Å². The second-order valence-electron chi connectivity index (χ2n) is 7.36. The van der Waals surface area contributed by atoms with Crippen LogP contribution in [0.3, 0.4) is 0 Å². The van der Waals surface area contributed by atoms with Gasteiger partial charge in [0.15, 0.2) is 0 Å². The lowest BCUT2D eigenvalue weighted by Gasteiger charge is -2.14. The molecule has 0 heterocycles. The number of nitrogens with one attached hydrogen (secondary N) is 1. The highest BCUT2D eigenvalue weighted by atomic mass is 127. The molecule has 0 radical (unpaired) electrons. The summed E-state index contributed by atoms with van der Waals surface area (Å²) in [4.78, 5) is 12.7. The molecular formula is C26H22I2N2O2. The third kappa shape index (κ3) is 6.56. The Morgan fingerprint density at radius 3 is 2.31 bits per heavy atom. The van der Waals surface area contributed by atoms with Crippen LogP contribution in [0.25, 0.3) is 6.08 Å². The lowest BCUT2D eigenvalue weighted by Crippen LogP contribution is -2.27. The first kappa shape index (κ1) is 24.3. The molecule has 162 valence electrons. The lowest BCUT2D eigenvalue weighted by molar-refractivity contribution is -0.117. The highest BCUT2D eigenvalue weighted by molar-refractivity contribution is 14.1. The minimum absolute atomic E-state index is 0.0627. The Balaban J connectivity index is 1.74. The number of nitriles is 1. The quantitative estimate of drug-likeness (QED) is 0.179. The van der Waals surface area contributed by atoms with Gasteiger partial charge in [-0.2, -0.15) is 5.26 Å². The standard InChI is InChI=1S/C26H22I2N2O2/c1-17-8-10-19(11-9-17)16-32-25-23(27)13-20(14-24(25)28)12-22(15-29)26(31)30-18(2)21-6-4-3-5-7-21/h3-14,18H,16H2,1-2H3,(H,30,31)/b22-12-/t18-/m1/s1. The summed E-state index contributed by atoms with van der Waals surface area (Å²) < 4.78 is 7.89. The predicted octanol–water partition coefficient (Wildman–Crippen LogP) is 6.57. The number of benzene rings is 3. The van der Waals surface area contributed by atoms with Gasteiger partial charge in [0.1, 0.15) is 24.0 Å². The maximum absolute atomic E-state index is 12.7. The van der Waals surface area contributed by atoms with Gasteiger partial charge in [0, 0.05) is 0 Å². The van der Waals surface area contributed by atoms with Crippen molar-refractivity contribution >= 4 is 57.2 Å². The highest BCUT2D eigenvalue weighted by Gasteiger charge is 2.15. The van der Waals surface area contributed by atoms with Gasteiger partial charge >= 0.3 is 0 Å². The van der Waals surface area contributed by atoms with Crippen LogP contribution in [-0.4, -0.2) is 5.91 Å². The Morgan fingerprint density at radius 2 is 1.72 bits per heavy atom. The van der Waals surface area contributed by atoms with Gasteiger partial charge in [-0.3, -0.25) is 4.79 Å². The van der Waals surface area contributed by atoms with Crippen molar-refractivity contribution in [3.8, 4) is 11.8 Å². The van der Waals surface area contributed by atoms with Gasteiger partial charge in [-0.1, -0.05) is 60.2 Å². The number of nitrogens with zero attached hydrogens (tertiary/aromatic N) is 1. The minimum atomic E-state index is -0.395. The van der Waals surface area contributed by atoms with Crippen molar-refractivity contribution in [2.24, 2.45) is 0 Å². The van der Waals surface area contributed by atoms with E-state index in [1.807, 2.05) is 55.5 Å². The van der Waals surface area contributed by atoms with E-state index in [1.54, 1.807) is 6.08 Å². The molecule has 1 amide bonds. The van der Waals surface area contributed by atoms with Gasteiger partial charge < -0.3 is 10.1 Å². The summed E-state index contributed by atoms with van der Waals surface area (Å²) in [7, 11) is 0. The molecule has 4 nitrogen and oxygen atoms in total. The van der Waals surface area contributed by atoms with Crippen molar-refractivity contribution in [3.63, 3.8) is 0 Å². The van der Waals surface area contributed by atoms with Gasteiger partial charge in [-0.05, 0) is 93.9 Å². The minimum Gasteiger partial charge on any atom is -0.487 e. The van der Waals surface area contributed by atoms with E-state index < -0.39 is 5.91 Å². The van der Waals surface area contributed by atoms with E-state index in [0.717, 1.165) is 29.6 Å². The van der Waals surface area contributed by atoms with E-state index in [1.165, 1.54) is 5.56 Å². The molecule has 0 aliphatic heterocycles. The first-order valence-electron chi connectivity index (χ1n) is 10.0. The third-order valence-corrected chi connectivity index (χ3v) is 6.45. The summed E-state index contributed by atoms with van der Waals surface area (Å²) >= 11 is 4.44. The summed E-state index contributed by atoms with van der Waals surface area (Å²) in [6.07, 6.45) is 1.61. The first-order valence-corrected chi connectivity index (χ1v) is 12.2. The van der Waals surface area contributed by atoms with Crippen LogP contribution in [0.5, 0.6) is 5.75 Å². The van der Waals surface area contributed by atoms with Crippen LogP contribution in [0.2, 0.25) is 0 Å². The molecule has 1 N–H and O–H groups in total. The second kappa shape index (κ2) is 11.5. The Morgan fingerprint density at radius 1 is 1.09 bits per heavy atom. The number of halogens is 2. The monoisotopic (exact) mass is 648 g/mol. The van der Waals surface area contributed by atoms with E-state index in [-0.39, 0.29) is 11.6 Å². The molecule has 32 heavy (non-hydrogen) atoms. The van der Waals surface area contributed by atoms with Crippen molar-refractivity contribution < 1.29 is 9.53 Å². The summed E-state index contributed by atoms with van der Waals surface area (Å²) in [5.74, 6) is 0.401. The topological polar surface area (TPSA) is 62.1 Å². The van der Waals surface area contributed by atoms with Crippen LogP contribution in [0.1, 0.15) is 35.2 Å². The maximum Gasteiger partial charge on any atom is 0.262 e. The van der Waals surface area contributed by atoms with Crippen molar-refractivity contribution in [1.29, 1.82) is 5.26 Å². The van der Waals surface area contributed by atoms with Crippen molar-refractivity contribution in [2.45, 2.75) is 26.5 Å². The van der Waals surface area contributed by atoms with E-state index in [2.05, 4.69) is 81.7 Å². The maximum atomic E-state index is 12.7. The van der Waals surface area contributed by atoms with Crippen molar-refractivity contribution in [3.05, 3.63) is 102 Å². The molecule has 0 bridgehead atoms. The molecule has 0 saturated heterocycles. The van der Waals surface area contributed by atoms with Crippen LogP contribution in [0, 0.1) is 25.4 Å². The van der Waals surface area contributed by atoms with Crippen LogP contribution >= 0.6 is 45.2 Å². The Bertz CT molecular complexity index is 1140. The number of ether oxygens (including phenoxy) is 1. The third-order valence-electron chi connectivity index (χ3n) is 4.85. The van der Waals surface area contributed by atoms with Gasteiger partial charge in [0.05, 0.1) is 13.2 Å². The summed E-state index contributed by atoms with van der Waals surface area (Å²) in [5, 5.41) is 12.4. The molecule has 0 aromatic heterocycles.